The molecule has 0 spiro atoms. The quantitative estimate of drug-likeness (QED) is 0.600. The van der Waals surface area contributed by atoms with E-state index < -0.39 is 0 Å². The summed E-state index contributed by atoms with van der Waals surface area (Å²) in [5.41, 5.74) is 2.23. The van der Waals surface area contributed by atoms with Gasteiger partial charge in [0.25, 0.3) is 0 Å². The van der Waals surface area contributed by atoms with E-state index in [1.165, 1.54) is 31.3 Å². The lowest BCUT2D eigenvalue weighted by atomic mass is 9.77. The predicted octanol–water partition coefficient (Wildman–Crippen LogP) is 2.88. The highest BCUT2D eigenvalue weighted by Crippen LogP contribution is 2.44. The number of hydrogen-bond donors (Lipinski definition) is 0. The average molecular weight is 176 g/mol. The minimum atomic E-state index is 0.246. The molecule has 0 radical (unpaired) electrons. The zero-order chi connectivity index (χ0) is 9.42. The Bertz CT molecular complexity index is 285. The van der Waals surface area contributed by atoms with Crippen LogP contribution >= 0.6 is 0 Å². The minimum Gasteiger partial charge on any atom is -0.295 e. The van der Waals surface area contributed by atoms with Crippen molar-refractivity contribution >= 4 is 5.78 Å². The van der Waals surface area contributed by atoms with Gasteiger partial charge in [-0.15, -0.1) is 0 Å². The molecule has 1 saturated carbocycles. The van der Waals surface area contributed by atoms with E-state index in [1.54, 1.807) is 6.92 Å². The highest BCUT2D eigenvalue weighted by atomic mass is 16.1. The van der Waals surface area contributed by atoms with Crippen molar-refractivity contribution < 1.29 is 4.79 Å². The molecule has 13 heavy (non-hydrogen) atoms. The Morgan fingerprint density at radius 2 is 2.00 bits per heavy atom. The van der Waals surface area contributed by atoms with Crippen LogP contribution in [0.2, 0.25) is 0 Å². The SMILES string of the molecule is C=C1C=C(C(C)=O)[C@H]2CCCC[C@H]12. The van der Waals surface area contributed by atoms with Crippen LogP contribution in [0.5, 0.6) is 0 Å². The van der Waals surface area contributed by atoms with Crippen molar-refractivity contribution in [1.29, 1.82) is 0 Å². The minimum absolute atomic E-state index is 0.246. The summed E-state index contributed by atoms with van der Waals surface area (Å²) >= 11 is 0. The van der Waals surface area contributed by atoms with Gasteiger partial charge in [0.1, 0.15) is 0 Å². The second-order valence-electron chi connectivity index (χ2n) is 4.23. The van der Waals surface area contributed by atoms with E-state index in [4.69, 9.17) is 0 Å². The Hall–Kier alpha value is -0.850. The number of rotatable bonds is 1. The van der Waals surface area contributed by atoms with E-state index in [0.29, 0.717) is 11.8 Å². The van der Waals surface area contributed by atoms with Gasteiger partial charge in [0.05, 0.1) is 0 Å². The molecule has 0 N–H and O–H groups in total. The maximum absolute atomic E-state index is 11.3. The van der Waals surface area contributed by atoms with Crippen molar-refractivity contribution in [2.45, 2.75) is 32.6 Å². The number of carbonyl (C=O) groups is 1. The molecule has 0 aromatic carbocycles. The van der Waals surface area contributed by atoms with Gasteiger partial charge in [-0.25, -0.2) is 0 Å². The largest absolute Gasteiger partial charge is 0.295 e. The Morgan fingerprint density at radius 1 is 1.38 bits per heavy atom. The van der Waals surface area contributed by atoms with Crippen molar-refractivity contribution in [3.8, 4) is 0 Å². The normalized spacial score (nSPS) is 32.7. The first kappa shape index (κ1) is 8.74. The standard InChI is InChI=1S/C12H16O/c1-8-7-12(9(2)13)11-6-4-3-5-10(8)11/h7,10-11H,1,3-6H2,2H3/t10-,11+/m1/s1. The summed E-state index contributed by atoms with van der Waals surface area (Å²) in [7, 11) is 0. The lowest BCUT2D eigenvalue weighted by Gasteiger charge is -2.27. The molecule has 0 bridgehead atoms. The summed E-state index contributed by atoms with van der Waals surface area (Å²) in [6.07, 6.45) is 7.03. The third-order valence-electron chi connectivity index (χ3n) is 3.39. The number of ketones is 1. The molecule has 2 atom stereocenters. The molecule has 1 nitrogen and oxygen atoms in total. The number of hydrogen-bond acceptors (Lipinski definition) is 1. The maximum Gasteiger partial charge on any atom is 0.156 e. The summed E-state index contributed by atoms with van der Waals surface area (Å²) < 4.78 is 0. The van der Waals surface area contributed by atoms with E-state index in [9.17, 15) is 4.79 Å². The van der Waals surface area contributed by atoms with Crippen molar-refractivity contribution in [3.05, 3.63) is 23.8 Å². The molecule has 0 aromatic heterocycles. The third-order valence-corrected chi connectivity index (χ3v) is 3.39. The molecule has 0 aliphatic heterocycles. The molecule has 70 valence electrons. The first-order valence-electron chi connectivity index (χ1n) is 5.11. The van der Waals surface area contributed by atoms with Crippen LogP contribution in [0.1, 0.15) is 32.6 Å². The summed E-state index contributed by atoms with van der Waals surface area (Å²) in [5, 5.41) is 0. The first-order valence-corrected chi connectivity index (χ1v) is 5.11. The van der Waals surface area contributed by atoms with Gasteiger partial charge in [-0.1, -0.05) is 31.1 Å². The highest BCUT2D eigenvalue weighted by Gasteiger charge is 2.35. The Labute approximate surface area is 79.5 Å². The zero-order valence-corrected chi connectivity index (χ0v) is 8.18. The zero-order valence-electron chi connectivity index (χ0n) is 8.18. The number of allylic oxidation sites excluding steroid dienone is 3. The van der Waals surface area contributed by atoms with Crippen molar-refractivity contribution in [2.24, 2.45) is 11.8 Å². The second kappa shape index (κ2) is 3.13. The molecule has 1 heteroatoms. The van der Waals surface area contributed by atoms with Crippen LogP contribution in [-0.4, -0.2) is 5.78 Å². The van der Waals surface area contributed by atoms with Gasteiger partial charge in [0.2, 0.25) is 0 Å². The van der Waals surface area contributed by atoms with Crippen molar-refractivity contribution in [1.82, 2.24) is 0 Å². The van der Waals surface area contributed by atoms with Crippen LogP contribution < -0.4 is 0 Å². The highest BCUT2D eigenvalue weighted by molar-refractivity contribution is 5.95. The Balaban J connectivity index is 2.26. The van der Waals surface area contributed by atoms with Crippen molar-refractivity contribution in [2.75, 3.05) is 0 Å². The van der Waals surface area contributed by atoms with Gasteiger partial charge in [0, 0.05) is 0 Å². The molecule has 0 heterocycles. The van der Waals surface area contributed by atoms with Crippen molar-refractivity contribution in [3.63, 3.8) is 0 Å². The Kier molecular flexibility index (Phi) is 2.10. The fourth-order valence-electron chi connectivity index (χ4n) is 2.72. The lowest BCUT2D eigenvalue weighted by Crippen LogP contribution is -2.19. The van der Waals surface area contributed by atoms with E-state index in [0.717, 1.165) is 5.57 Å². The predicted molar refractivity (Wildman–Crippen MR) is 53.4 cm³/mol. The van der Waals surface area contributed by atoms with Crippen LogP contribution in [0, 0.1) is 11.8 Å². The molecule has 2 rings (SSSR count). The van der Waals surface area contributed by atoms with E-state index in [-0.39, 0.29) is 5.78 Å². The molecule has 0 aromatic rings. The van der Waals surface area contributed by atoms with Crippen LogP contribution in [0.25, 0.3) is 0 Å². The van der Waals surface area contributed by atoms with Crippen LogP contribution in [0.15, 0.2) is 23.8 Å². The monoisotopic (exact) mass is 176 g/mol. The van der Waals surface area contributed by atoms with E-state index >= 15 is 0 Å². The summed E-state index contributed by atoms with van der Waals surface area (Å²) in [4.78, 5) is 11.3. The van der Waals surface area contributed by atoms with Gasteiger partial charge in [-0.05, 0) is 37.2 Å². The number of Topliss-reactive ketones (excluding diaryl/α,β-unsaturated/α-hetero) is 1. The van der Waals surface area contributed by atoms with Crippen LogP contribution in [0.3, 0.4) is 0 Å². The maximum atomic E-state index is 11.3. The molecule has 0 saturated heterocycles. The number of carbonyl (C=O) groups excluding carboxylic acids is 1. The molecule has 2 aliphatic carbocycles. The smallest absolute Gasteiger partial charge is 0.156 e. The van der Waals surface area contributed by atoms with Gasteiger partial charge < -0.3 is 0 Å². The van der Waals surface area contributed by atoms with Crippen LogP contribution in [0.4, 0.5) is 0 Å². The fraction of sp³-hybridized carbons (Fsp3) is 0.583. The first-order chi connectivity index (χ1) is 6.20. The summed E-state index contributed by atoms with van der Waals surface area (Å²) in [6.45, 7) is 5.72. The average Bonchev–Trinajstić information content (AvgIpc) is 2.45. The summed E-state index contributed by atoms with van der Waals surface area (Å²) in [6, 6.07) is 0. The molecule has 0 unspecified atom stereocenters. The molecular formula is C12H16O. The topological polar surface area (TPSA) is 17.1 Å². The van der Waals surface area contributed by atoms with E-state index in [1.807, 2.05) is 6.08 Å². The second-order valence-corrected chi connectivity index (χ2v) is 4.23. The molecule has 2 aliphatic rings. The van der Waals surface area contributed by atoms with Crippen LogP contribution in [-0.2, 0) is 4.79 Å². The third kappa shape index (κ3) is 1.37. The fourth-order valence-corrected chi connectivity index (χ4v) is 2.72. The Morgan fingerprint density at radius 3 is 2.62 bits per heavy atom. The summed E-state index contributed by atoms with van der Waals surface area (Å²) in [5.74, 6) is 1.35. The van der Waals surface area contributed by atoms with Gasteiger partial charge in [-0.3, -0.25) is 4.79 Å². The lowest BCUT2D eigenvalue weighted by molar-refractivity contribution is -0.114. The van der Waals surface area contributed by atoms with E-state index in [2.05, 4.69) is 6.58 Å². The van der Waals surface area contributed by atoms with Gasteiger partial charge >= 0.3 is 0 Å². The number of fused-ring (bicyclic) bond motifs is 1. The molecular weight excluding hydrogens is 160 g/mol. The van der Waals surface area contributed by atoms with Gasteiger partial charge in [0.15, 0.2) is 5.78 Å². The molecule has 1 fully saturated rings. The molecule has 0 amide bonds. The van der Waals surface area contributed by atoms with Gasteiger partial charge in [-0.2, -0.15) is 0 Å².